The highest BCUT2D eigenvalue weighted by Gasteiger charge is 2.20. The summed E-state index contributed by atoms with van der Waals surface area (Å²) in [6.07, 6.45) is 0. The highest BCUT2D eigenvalue weighted by Crippen LogP contribution is 2.28. The van der Waals surface area contributed by atoms with Crippen LogP contribution >= 0.6 is 9.24 Å². The topological polar surface area (TPSA) is 122 Å². The van der Waals surface area contributed by atoms with E-state index in [4.69, 9.17) is 16.3 Å². The molecule has 5 rings (SSSR count). The lowest BCUT2D eigenvalue weighted by Crippen LogP contribution is -2.46. The highest BCUT2D eigenvalue weighted by molar-refractivity contribution is 7.23. The second-order valence-electron chi connectivity index (χ2n) is 9.63. The smallest absolute Gasteiger partial charge is 0.255 e. The molecule has 1 saturated heterocycles. The molecule has 0 bridgehead atoms. The predicted octanol–water partition coefficient (Wildman–Crippen LogP) is 5.22. The van der Waals surface area contributed by atoms with Gasteiger partial charge in [0, 0.05) is 66.4 Å². The molecule has 0 spiro atoms. The van der Waals surface area contributed by atoms with Gasteiger partial charge in [0.15, 0.2) is 0 Å². The normalized spacial score (nSPS) is 13.1. The van der Waals surface area contributed by atoms with E-state index in [1.807, 2.05) is 89.8 Å². The standard InChI is InChI=1S/C30H30N6O.CH2NP/c1-20-21(2)33-28-12-9-24(17-27(28)29(20)32)34-30(37)26-6-4-3-5-23(26)19-35-13-15-36(16-14-35)25-10-7-22(18-31)8-11-25;2-1-3/h3-12,17H,13-16,19H2,1-2H3,(H2,32,33)(H,34,37);3H2. The summed E-state index contributed by atoms with van der Waals surface area (Å²) in [5, 5.41) is 20.2. The molecule has 1 amide bonds. The first-order valence-electron chi connectivity index (χ1n) is 13.0. The third-order valence-corrected chi connectivity index (χ3v) is 7.17. The summed E-state index contributed by atoms with van der Waals surface area (Å²) in [7, 11) is 1.88. The number of carbonyl (C=O) groups excluding carboxylic acids is 1. The van der Waals surface area contributed by atoms with Crippen LogP contribution in [0.1, 0.15) is 32.7 Å². The van der Waals surface area contributed by atoms with Crippen molar-refractivity contribution in [1.82, 2.24) is 9.88 Å². The maximum absolute atomic E-state index is 13.3. The van der Waals surface area contributed by atoms with Gasteiger partial charge in [-0.05, 0) is 82.7 Å². The number of aryl methyl sites for hydroxylation is 1. The Morgan fingerprint density at radius 1 is 1.02 bits per heavy atom. The molecule has 1 unspecified atom stereocenters. The fraction of sp³-hybridized carbons (Fsp3) is 0.226. The fourth-order valence-electron chi connectivity index (χ4n) is 4.82. The Morgan fingerprint density at radius 2 is 1.70 bits per heavy atom. The van der Waals surface area contributed by atoms with Gasteiger partial charge in [-0.3, -0.25) is 14.7 Å². The number of pyridine rings is 1. The number of nitrogen functional groups attached to an aromatic ring is 1. The molecule has 40 heavy (non-hydrogen) atoms. The van der Waals surface area contributed by atoms with E-state index >= 15 is 0 Å². The zero-order chi connectivity index (χ0) is 28.6. The van der Waals surface area contributed by atoms with Crippen molar-refractivity contribution in [1.29, 1.82) is 10.5 Å². The zero-order valence-electron chi connectivity index (χ0n) is 22.7. The van der Waals surface area contributed by atoms with E-state index in [9.17, 15) is 4.79 Å². The third-order valence-electron chi connectivity index (χ3n) is 7.17. The van der Waals surface area contributed by atoms with Crippen LogP contribution < -0.4 is 16.0 Å². The van der Waals surface area contributed by atoms with Gasteiger partial charge >= 0.3 is 0 Å². The van der Waals surface area contributed by atoms with Crippen LogP contribution in [-0.4, -0.2) is 42.0 Å². The molecular formula is C31H32N7OP. The molecule has 1 aliphatic rings. The van der Waals surface area contributed by atoms with Crippen molar-refractivity contribution in [2.24, 2.45) is 0 Å². The monoisotopic (exact) mass is 549 g/mol. The van der Waals surface area contributed by atoms with Gasteiger partial charge in [-0.25, -0.2) is 0 Å². The molecule has 4 aromatic rings. The second-order valence-corrected chi connectivity index (χ2v) is 9.89. The summed E-state index contributed by atoms with van der Waals surface area (Å²) >= 11 is 0. The van der Waals surface area contributed by atoms with Crippen molar-refractivity contribution in [2.45, 2.75) is 20.4 Å². The van der Waals surface area contributed by atoms with Gasteiger partial charge in [-0.15, -0.1) is 0 Å². The van der Waals surface area contributed by atoms with Crippen LogP contribution in [0.2, 0.25) is 0 Å². The van der Waals surface area contributed by atoms with Crippen molar-refractivity contribution in [3.05, 3.63) is 94.7 Å². The number of piperazine rings is 1. The first-order valence-corrected chi connectivity index (χ1v) is 13.5. The summed E-state index contributed by atoms with van der Waals surface area (Å²) in [5.41, 5.74) is 13.9. The van der Waals surface area contributed by atoms with Crippen molar-refractivity contribution >= 4 is 43.1 Å². The quantitative estimate of drug-likeness (QED) is 0.327. The van der Waals surface area contributed by atoms with Crippen molar-refractivity contribution in [3.8, 4) is 11.9 Å². The Morgan fingerprint density at radius 3 is 2.38 bits per heavy atom. The van der Waals surface area contributed by atoms with E-state index in [0.717, 1.165) is 59.6 Å². The minimum Gasteiger partial charge on any atom is -0.398 e. The van der Waals surface area contributed by atoms with Gasteiger partial charge in [0.2, 0.25) is 0 Å². The number of nitrogens with two attached hydrogens (primary N) is 1. The molecule has 1 atom stereocenters. The van der Waals surface area contributed by atoms with Crippen LogP contribution in [0.4, 0.5) is 17.1 Å². The average Bonchev–Trinajstić information content (AvgIpc) is 2.97. The number of hydrogen-bond donors (Lipinski definition) is 2. The molecule has 0 aliphatic carbocycles. The molecule has 202 valence electrons. The Hall–Kier alpha value is -4.49. The summed E-state index contributed by atoms with van der Waals surface area (Å²) in [6.45, 7) is 8.19. The number of amides is 1. The first-order chi connectivity index (χ1) is 19.3. The summed E-state index contributed by atoms with van der Waals surface area (Å²) < 4.78 is 0. The van der Waals surface area contributed by atoms with Gasteiger partial charge in [0.1, 0.15) is 0 Å². The third kappa shape index (κ3) is 6.55. The number of benzene rings is 3. The number of nitrogens with zero attached hydrogens (tertiary/aromatic N) is 5. The number of fused-ring (bicyclic) bond motifs is 1. The number of carbonyl (C=O) groups is 1. The lowest BCUT2D eigenvalue weighted by Gasteiger charge is -2.36. The van der Waals surface area contributed by atoms with Crippen LogP contribution in [0.25, 0.3) is 10.9 Å². The minimum absolute atomic E-state index is 0.137. The Kier molecular flexibility index (Phi) is 9.30. The number of aromatic nitrogens is 1. The van der Waals surface area contributed by atoms with Gasteiger partial charge in [-0.1, -0.05) is 18.2 Å². The lowest BCUT2D eigenvalue weighted by molar-refractivity contribution is 0.102. The van der Waals surface area contributed by atoms with E-state index in [0.29, 0.717) is 29.0 Å². The maximum Gasteiger partial charge on any atom is 0.255 e. The van der Waals surface area contributed by atoms with Crippen LogP contribution in [0, 0.1) is 36.3 Å². The van der Waals surface area contributed by atoms with Gasteiger partial charge < -0.3 is 16.0 Å². The fourth-order valence-corrected chi connectivity index (χ4v) is 4.82. The highest BCUT2D eigenvalue weighted by atomic mass is 31.0. The molecule has 1 fully saturated rings. The number of nitrogens with one attached hydrogen (secondary N) is 1. The molecule has 0 radical (unpaired) electrons. The minimum atomic E-state index is -0.137. The average molecular weight is 550 g/mol. The lowest BCUT2D eigenvalue weighted by atomic mass is 10.0. The summed E-state index contributed by atoms with van der Waals surface area (Å²) in [4.78, 5) is 22.6. The van der Waals surface area contributed by atoms with Crippen molar-refractivity contribution in [3.63, 3.8) is 0 Å². The molecule has 3 aromatic carbocycles. The molecule has 1 aliphatic heterocycles. The predicted molar refractivity (Wildman–Crippen MR) is 164 cm³/mol. The second kappa shape index (κ2) is 13.0. The molecule has 3 N–H and O–H groups in total. The number of rotatable bonds is 5. The molecular weight excluding hydrogens is 517 g/mol. The van der Waals surface area contributed by atoms with Gasteiger partial charge in [0.25, 0.3) is 5.91 Å². The van der Waals surface area contributed by atoms with Crippen LogP contribution in [-0.2, 0) is 6.54 Å². The number of nitriles is 2. The van der Waals surface area contributed by atoms with Crippen molar-refractivity contribution < 1.29 is 4.79 Å². The van der Waals surface area contributed by atoms with E-state index in [-0.39, 0.29) is 5.91 Å². The first kappa shape index (κ1) is 28.5. The van der Waals surface area contributed by atoms with Gasteiger partial charge in [-0.2, -0.15) is 10.5 Å². The molecule has 9 heteroatoms. The van der Waals surface area contributed by atoms with Crippen molar-refractivity contribution in [2.75, 3.05) is 42.1 Å². The van der Waals surface area contributed by atoms with Gasteiger partial charge in [0.05, 0.1) is 23.0 Å². The van der Waals surface area contributed by atoms with E-state index in [1.165, 1.54) is 0 Å². The molecule has 8 nitrogen and oxygen atoms in total. The molecule has 1 aromatic heterocycles. The Bertz CT molecular complexity index is 1600. The SMILES string of the molecule is Cc1nc2ccc(NC(=O)c3ccccc3CN3CCN(c4ccc(C#N)cc4)CC3)cc2c(N)c1C.N#CP. The summed E-state index contributed by atoms with van der Waals surface area (Å²) in [5.74, 6) is 1.53. The Balaban J connectivity index is 0.00000118. The largest absolute Gasteiger partial charge is 0.398 e. The van der Waals surface area contributed by atoms with E-state index < -0.39 is 0 Å². The van der Waals surface area contributed by atoms with Crippen LogP contribution in [0.5, 0.6) is 0 Å². The summed E-state index contributed by atoms with van der Waals surface area (Å²) in [6, 6.07) is 23.3. The zero-order valence-corrected chi connectivity index (χ0v) is 23.8. The Labute approximate surface area is 237 Å². The molecule has 0 saturated carbocycles. The van der Waals surface area contributed by atoms with Crippen LogP contribution in [0.15, 0.2) is 66.7 Å². The molecule has 2 heterocycles. The number of anilines is 3. The van der Waals surface area contributed by atoms with Crippen LogP contribution in [0.3, 0.4) is 0 Å². The van der Waals surface area contributed by atoms with E-state index in [2.05, 4.69) is 26.2 Å². The number of hydrogen-bond acceptors (Lipinski definition) is 7. The maximum atomic E-state index is 13.3. The van der Waals surface area contributed by atoms with E-state index in [1.54, 1.807) is 5.81 Å².